The van der Waals surface area contributed by atoms with Gasteiger partial charge < -0.3 is 10.6 Å². The first-order valence-electron chi connectivity index (χ1n) is 7.39. The molecule has 1 saturated carbocycles. The van der Waals surface area contributed by atoms with Gasteiger partial charge in [0.25, 0.3) is 0 Å². The maximum absolute atomic E-state index is 11.9. The van der Waals surface area contributed by atoms with Gasteiger partial charge in [0, 0.05) is 26.1 Å². The second kappa shape index (κ2) is 7.09. The molecule has 3 nitrogen and oxygen atoms in total. The van der Waals surface area contributed by atoms with E-state index in [0.717, 1.165) is 13.1 Å². The molecular weight excluding hydrogens is 272 g/mol. The van der Waals surface area contributed by atoms with Gasteiger partial charge in [-0.25, -0.2) is 0 Å². The first-order valence-corrected chi connectivity index (χ1v) is 7.39. The minimum Gasteiger partial charge on any atom is -0.352 e. The highest BCUT2D eigenvalue weighted by molar-refractivity contribution is 5.85. The van der Waals surface area contributed by atoms with Crippen molar-refractivity contribution in [3.63, 3.8) is 0 Å². The van der Waals surface area contributed by atoms with Gasteiger partial charge in [0.2, 0.25) is 5.91 Å². The van der Waals surface area contributed by atoms with Gasteiger partial charge in [-0.3, -0.25) is 4.79 Å². The van der Waals surface area contributed by atoms with Crippen LogP contribution in [0, 0.1) is 5.92 Å². The van der Waals surface area contributed by atoms with E-state index in [9.17, 15) is 4.79 Å². The van der Waals surface area contributed by atoms with Crippen molar-refractivity contribution in [2.24, 2.45) is 5.92 Å². The molecule has 1 aliphatic carbocycles. The molecular formula is C16H23ClN2O. The fourth-order valence-electron chi connectivity index (χ4n) is 3.21. The maximum atomic E-state index is 11.9. The van der Waals surface area contributed by atoms with E-state index in [4.69, 9.17) is 0 Å². The highest BCUT2D eigenvalue weighted by atomic mass is 35.5. The molecule has 0 saturated heterocycles. The molecule has 0 bridgehead atoms. The Hall–Kier alpha value is -1.06. The molecule has 110 valence electrons. The van der Waals surface area contributed by atoms with Crippen LogP contribution in [-0.2, 0) is 24.4 Å². The first-order chi connectivity index (χ1) is 9.31. The van der Waals surface area contributed by atoms with Gasteiger partial charge in [-0.1, -0.05) is 31.0 Å². The number of fused-ring (bicyclic) bond motifs is 1. The van der Waals surface area contributed by atoms with Crippen LogP contribution < -0.4 is 10.6 Å². The van der Waals surface area contributed by atoms with Crippen molar-refractivity contribution in [2.45, 2.75) is 51.7 Å². The lowest BCUT2D eigenvalue weighted by Crippen LogP contribution is -2.24. The fourth-order valence-corrected chi connectivity index (χ4v) is 3.21. The molecule has 1 heterocycles. The van der Waals surface area contributed by atoms with Gasteiger partial charge in [0.15, 0.2) is 0 Å². The first kappa shape index (κ1) is 15.3. The largest absolute Gasteiger partial charge is 0.352 e. The molecule has 0 aromatic heterocycles. The lowest BCUT2D eigenvalue weighted by Gasteiger charge is -2.10. The van der Waals surface area contributed by atoms with E-state index in [0.29, 0.717) is 18.9 Å². The molecule has 1 aliphatic heterocycles. The number of amides is 1. The molecule has 1 fully saturated rings. The number of halogens is 1. The standard InChI is InChI=1S/C16H22N2O.ClH/c19-16(8-12-3-1-2-4-12)18-9-13-5-6-14-10-17-11-15(14)7-13;/h5-7,12,17H,1-4,8-11H2,(H,18,19);1H. The van der Waals surface area contributed by atoms with Crippen LogP contribution in [0.1, 0.15) is 48.8 Å². The summed E-state index contributed by atoms with van der Waals surface area (Å²) in [5, 5.41) is 6.40. The second-order valence-corrected chi connectivity index (χ2v) is 5.84. The molecule has 3 rings (SSSR count). The summed E-state index contributed by atoms with van der Waals surface area (Å²) < 4.78 is 0. The Labute approximate surface area is 126 Å². The van der Waals surface area contributed by atoms with Gasteiger partial charge in [0.05, 0.1) is 0 Å². The van der Waals surface area contributed by atoms with Crippen molar-refractivity contribution in [3.8, 4) is 0 Å². The Bertz CT molecular complexity index is 470. The van der Waals surface area contributed by atoms with Crippen molar-refractivity contribution < 1.29 is 4.79 Å². The molecule has 2 N–H and O–H groups in total. The minimum absolute atomic E-state index is 0. The van der Waals surface area contributed by atoms with Crippen LogP contribution in [0.3, 0.4) is 0 Å². The summed E-state index contributed by atoms with van der Waals surface area (Å²) in [4.78, 5) is 11.9. The lowest BCUT2D eigenvalue weighted by atomic mass is 10.0. The van der Waals surface area contributed by atoms with Crippen molar-refractivity contribution in [1.82, 2.24) is 10.6 Å². The molecule has 4 heteroatoms. The van der Waals surface area contributed by atoms with Gasteiger partial charge in [-0.15, -0.1) is 12.4 Å². The minimum atomic E-state index is 0. The van der Waals surface area contributed by atoms with Crippen molar-refractivity contribution in [1.29, 1.82) is 0 Å². The summed E-state index contributed by atoms with van der Waals surface area (Å²) in [6.07, 6.45) is 5.79. The maximum Gasteiger partial charge on any atom is 0.220 e. The van der Waals surface area contributed by atoms with Crippen LogP contribution in [-0.4, -0.2) is 5.91 Å². The van der Waals surface area contributed by atoms with E-state index < -0.39 is 0 Å². The normalized spacial score (nSPS) is 17.6. The number of benzene rings is 1. The van der Waals surface area contributed by atoms with Crippen molar-refractivity contribution in [3.05, 3.63) is 34.9 Å². The predicted molar refractivity (Wildman–Crippen MR) is 82.7 cm³/mol. The third-order valence-electron chi connectivity index (χ3n) is 4.34. The third kappa shape index (κ3) is 3.74. The van der Waals surface area contributed by atoms with E-state index in [2.05, 4.69) is 28.8 Å². The fraction of sp³-hybridized carbons (Fsp3) is 0.562. The Morgan fingerprint density at radius 3 is 2.75 bits per heavy atom. The van der Waals surface area contributed by atoms with Gasteiger partial charge in [0.1, 0.15) is 0 Å². The van der Waals surface area contributed by atoms with Crippen LogP contribution in [0.25, 0.3) is 0 Å². The molecule has 2 aliphatic rings. The van der Waals surface area contributed by atoms with E-state index in [-0.39, 0.29) is 18.3 Å². The third-order valence-corrected chi connectivity index (χ3v) is 4.34. The highest BCUT2D eigenvalue weighted by Crippen LogP contribution is 2.27. The Balaban J connectivity index is 0.00000147. The van der Waals surface area contributed by atoms with E-state index in [1.807, 2.05) is 0 Å². The van der Waals surface area contributed by atoms with E-state index in [1.54, 1.807) is 0 Å². The molecule has 1 aromatic carbocycles. The van der Waals surface area contributed by atoms with Gasteiger partial charge in [-0.05, 0) is 35.4 Å². The zero-order chi connectivity index (χ0) is 13.1. The Morgan fingerprint density at radius 2 is 1.95 bits per heavy atom. The molecule has 0 unspecified atom stereocenters. The quantitative estimate of drug-likeness (QED) is 0.896. The number of carbonyl (C=O) groups excluding carboxylic acids is 1. The van der Waals surface area contributed by atoms with Crippen molar-refractivity contribution >= 4 is 18.3 Å². The number of rotatable bonds is 4. The van der Waals surface area contributed by atoms with Crippen molar-refractivity contribution in [2.75, 3.05) is 0 Å². The summed E-state index contributed by atoms with van der Waals surface area (Å²) in [5.74, 6) is 0.842. The lowest BCUT2D eigenvalue weighted by molar-refractivity contribution is -0.122. The molecule has 1 aromatic rings. The molecule has 0 spiro atoms. The molecule has 20 heavy (non-hydrogen) atoms. The number of hydrogen-bond donors (Lipinski definition) is 2. The van der Waals surface area contributed by atoms with E-state index >= 15 is 0 Å². The smallest absolute Gasteiger partial charge is 0.220 e. The van der Waals surface area contributed by atoms with Crippen LogP contribution in [0.4, 0.5) is 0 Å². The zero-order valence-electron chi connectivity index (χ0n) is 11.8. The number of hydrogen-bond acceptors (Lipinski definition) is 2. The summed E-state index contributed by atoms with van der Waals surface area (Å²) in [7, 11) is 0. The number of carbonyl (C=O) groups is 1. The Morgan fingerprint density at radius 1 is 1.20 bits per heavy atom. The van der Waals surface area contributed by atoms with Crippen LogP contribution >= 0.6 is 12.4 Å². The molecule has 0 radical (unpaired) electrons. The van der Waals surface area contributed by atoms with Gasteiger partial charge in [-0.2, -0.15) is 0 Å². The topological polar surface area (TPSA) is 41.1 Å². The summed E-state index contributed by atoms with van der Waals surface area (Å²) in [5.41, 5.74) is 3.98. The van der Waals surface area contributed by atoms with Crippen LogP contribution in [0.15, 0.2) is 18.2 Å². The summed E-state index contributed by atoms with van der Waals surface area (Å²) >= 11 is 0. The van der Waals surface area contributed by atoms with Crippen LogP contribution in [0.5, 0.6) is 0 Å². The zero-order valence-corrected chi connectivity index (χ0v) is 12.6. The van der Waals surface area contributed by atoms with Crippen LogP contribution in [0.2, 0.25) is 0 Å². The average molecular weight is 295 g/mol. The highest BCUT2D eigenvalue weighted by Gasteiger charge is 2.18. The molecule has 0 atom stereocenters. The predicted octanol–water partition coefficient (Wildman–Crippen LogP) is 2.91. The molecule has 1 amide bonds. The van der Waals surface area contributed by atoms with Gasteiger partial charge >= 0.3 is 0 Å². The summed E-state index contributed by atoms with van der Waals surface area (Å²) in [6, 6.07) is 6.51. The average Bonchev–Trinajstić information content (AvgIpc) is 3.06. The Kier molecular flexibility index (Phi) is 5.44. The SMILES string of the molecule is Cl.O=C(CC1CCCC1)NCc1ccc2c(c1)CNC2. The monoisotopic (exact) mass is 294 g/mol. The van der Waals surface area contributed by atoms with E-state index in [1.165, 1.54) is 42.4 Å². The summed E-state index contributed by atoms with van der Waals surface area (Å²) in [6.45, 7) is 2.60. The number of nitrogens with one attached hydrogen (secondary N) is 2. The second-order valence-electron chi connectivity index (χ2n) is 5.84.